The van der Waals surface area contributed by atoms with Crippen molar-refractivity contribution in [2.45, 2.75) is 57.8 Å². The van der Waals surface area contributed by atoms with Crippen molar-refractivity contribution in [1.82, 2.24) is 20.4 Å². The lowest BCUT2D eigenvalue weighted by Crippen LogP contribution is -2.24. The van der Waals surface area contributed by atoms with Crippen LogP contribution in [0, 0.1) is 5.82 Å². The molecule has 0 saturated heterocycles. The molecule has 1 aliphatic rings. The molecule has 0 spiro atoms. The summed E-state index contributed by atoms with van der Waals surface area (Å²) in [4.78, 5) is 22.5. The van der Waals surface area contributed by atoms with Crippen LogP contribution >= 0.6 is 11.3 Å². The minimum Gasteiger partial charge on any atom is -0.356 e. The highest BCUT2D eigenvalue weighted by atomic mass is 32.1. The fraction of sp³-hybridized carbons (Fsp3) is 0.455. The van der Waals surface area contributed by atoms with Crippen LogP contribution in [0.1, 0.15) is 53.6 Å². The third-order valence-electron chi connectivity index (χ3n) is 5.14. The fourth-order valence-electron chi connectivity index (χ4n) is 3.54. The molecule has 2 aromatic heterocycles. The highest BCUT2D eigenvalue weighted by Gasteiger charge is 2.15. The lowest BCUT2D eigenvalue weighted by Gasteiger charge is -2.06. The fourth-order valence-corrected chi connectivity index (χ4v) is 4.74. The lowest BCUT2D eigenvalue weighted by molar-refractivity contribution is -0.121. The van der Waals surface area contributed by atoms with Gasteiger partial charge in [-0.3, -0.25) is 4.79 Å². The monoisotopic (exact) mass is 428 g/mol. The van der Waals surface area contributed by atoms with Crippen LogP contribution < -0.4 is 5.32 Å². The van der Waals surface area contributed by atoms with E-state index in [1.807, 2.05) is 11.3 Å². The molecule has 1 aromatic carbocycles. The first-order valence-electron chi connectivity index (χ1n) is 10.5. The molecule has 0 atom stereocenters. The van der Waals surface area contributed by atoms with Gasteiger partial charge in [-0.1, -0.05) is 5.16 Å². The van der Waals surface area contributed by atoms with Crippen molar-refractivity contribution in [3.05, 3.63) is 51.6 Å². The van der Waals surface area contributed by atoms with Gasteiger partial charge in [-0.05, 0) is 62.8 Å². The van der Waals surface area contributed by atoms with Crippen molar-refractivity contribution in [3.8, 4) is 11.4 Å². The van der Waals surface area contributed by atoms with Crippen LogP contribution in [0.25, 0.3) is 11.4 Å². The normalized spacial score (nSPS) is 13.2. The van der Waals surface area contributed by atoms with Gasteiger partial charge in [0.25, 0.3) is 0 Å². The van der Waals surface area contributed by atoms with E-state index >= 15 is 0 Å². The van der Waals surface area contributed by atoms with E-state index in [1.54, 1.807) is 12.1 Å². The SMILES string of the molecule is O=C(CCCc1nc(-c2ccc(F)cc2)no1)NCCCc1nc2c(s1)CCCC2. The molecule has 0 fully saturated rings. The minimum absolute atomic E-state index is 0.0340. The summed E-state index contributed by atoms with van der Waals surface area (Å²) in [5.41, 5.74) is 2.00. The topological polar surface area (TPSA) is 80.9 Å². The molecular weight excluding hydrogens is 403 g/mol. The van der Waals surface area contributed by atoms with E-state index in [-0.39, 0.29) is 11.7 Å². The number of rotatable bonds is 9. The third-order valence-corrected chi connectivity index (χ3v) is 6.36. The van der Waals surface area contributed by atoms with Crippen molar-refractivity contribution < 1.29 is 13.7 Å². The molecule has 2 heterocycles. The van der Waals surface area contributed by atoms with E-state index in [9.17, 15) is 9.18 Å². The van der Waals surface area contributed by atoms with Crippen LogP contribution in [0.5, 0.6) is 0 Å². The zero-order valence-corrected chi connectivity index (χ0v) is 17.6. The van der Waals surface area contributed by atoms with E-state index in [1.165, 1.54) is 47.0 Å². The standard InChI is InChI=1S/C22H25FN4O2S/c23-16-12-10-15(11-13-16)22-26-20(29-27-22)8-3-7-19(28)24-14-4-9-21-25-17-5-1-2-6-18(17)30-21/h10-13H,1-9,14H2,(H,24,28). The largest absolute Gasteiger partial charge is 0.356 e. The Kier molecular flexibility index (Phi) is 6.84. The number of aromatic nitrogens is 3. The Bertz CT molecular complexity index is 960. The molecule has 6 nitrogen and oxygen atoms in total. The molecule has 0 bridgehead atoms. The number of halogens is 1. The quantitative estimate of drug-likeness (QED) is 0.515. The average Bonchev–Trinajstić information content (AvgIpc) is 3.38. The minimum atomic E-state index is -0.306. The number of nitrogens with zero attached hydrogens (tertiary/aromatic N) is 3. The number of aryl methyl sites for hydroxylation is 4. The number of benzene rings is 1. The van der Waals surface area contributed by atoms with Gasteiger partial charge >= 0.3 is 0 Å². The molecule has 8 heteroatoms. The number of carbonyl (C=O) groups excluding carboxylic acids is 1. The van der Waals surface area contributed by atoms with Crippen LogP contribution in [0.2, 0.25) is 0 Å². The van der Waals surface area contributed by atoms with E-state index < -0.39 is 0 Å². The number of carbonyl (C=O) groups is 1. The van der Waals surface area contributed by atoms with Crippen LogP contribution in [0.15, 0.2) is 28.8 Å². The second kappa shape index (κ2) is 9.93. The maximum Gasteiger partial charge on any atom is 0.226 e. The van der Waals surface area contributed by atoms with Gasteiger partial charge in [0.15, 0.2) is 0 Å². The van der Waals surface area contributed by atoms with Gasteiger partial charge in [0.05, 0.1) is 10.7 Å². The molecule has 0 saturated carbocycles. The Morgan fingerprint density at radius 2 is 1.93 bits per heavy atom. The predicted octanol–water partition coefficient (Wildman–Crippen LogP) is 4.28. The molecule has 158 valence electrons. The first-order valence-corrected chi connectivity index (χ1v) is 11.3. The van der Waals surface area contributed by atoms with Crippen LogP contribution in [0.4, 0.5) is 4.39 Å². The maximum atomic E-state index is 13.0. The number of fused-ring (bicyclic) bond motifs is 1. The van der Waals surface area contributed by atoms with Gasteiger partial charge < -0.3 is 9.84 Å². The Morgan fingerprint density at radius 3 is 2.77 bits per heavy atom. The van der Waals surface area contributed by atoms with Crippen molar-refractivity contribution in [2.75, 3.05) is 6.54 Å². The second-order valence-corrected chi connectivity index (χ2v) is 8.68. The molecule has 1 aliphatic carbocycles. The smallest absolute Gasteiger partial charge is 0.226 e. The molecule has 4 rings (SSSR count). The summed E-state index contributed by atoms with van der Waals surface area (Å²) in [5, 5.41) is 8.08. The van der Waals surface area contributed by atoms with Gasteiger partial charge in [-0.15, -0.1) is 11.3 Å². The van der Waals surface area contributed by atoms with Gasteiger partial charge in [0.1, 0.15) is 5.82 Å². The Labute approximate surface area is 178 Å². The number of amides is 1. The van der Waals surface area contributed by atoms with Crippen molar-refractivity contribution in [1.29, 1.82) is 0 Å². The predicted molar refractivity (Wildman–Crippen MR) is 113 cm³/mol. The zero-order chi connectivity index (χ0) is 20.8. The van der Waals surface area contributed by atoms with Crippen molar-refractivity contribution in [3.63, 3.8) is 0 Å². The van der Waals surface area contributed by atoms with Gasteiger partial charge in [0.2, 0.25) is 17.6 Å². The molecule has 0 unspecified atom stereocenters. The summed E-state index contributed by atoms with van der Waals surface area (Å²) in [5.74, 6) is 0.638. The molecule has 0 aliphatic heterocycles. The van der Waals surface area contributed by atoms with Gasteiger partial charge in [-0.25, -0.2) is 9.37 Å². The van der Waals surface area contributed by atoms with E-state index in [2.05, 4.69) is 15.5 Å². The van der Waals surface area contributed by atoms with Crippen LogP contribution in [-0.2, 0) is 30.5 Å². The number of hydrogen-bond donors (Lipinski definition) is 1. The maximum absolute atomic E-state index is 13.0. The van der Waals surface area contributed by atoms with E-state index in [0.29, 0.717) is 43.1 Å². The number of thiazole rings is 1. The molecule has 0 radical (unpaired) electrons. The lowest BCUT2D eigenvalue weighted by atomic mass is 10.0. The van der Waals surface area contributed by atoms with E-state index in [0.717, 1.165) is 19.3 Å². The Hall–Kier alpha value is -2.61. The highest BCUT2D eigenvalue weighted by Crippen LogP contribution is 2.27. The third kappa shape index (κ3) is 5.50. The summed E-state index contributed by atoms with van der Waals surface area (Å²) in [6, 6.07) is 5.94. The first kappa shape index (κ1) is 20.7. The summed E-state index contributed by atoms with van der Waals surface area (Å²) in [6.07, 6.45) is 8.24. The molecule has 30 heavy (non-hydrogen) atoms. The summed E-state index contributed by atoms with van der Waals surface area (Å²) in [6.45, 7) is 0.665. The van der Waals surface area contributed by atoms with Crippen molar-refractivity contribution in [2.24, 2.45) is 0 Å². The van der Waals surface area contributed by atoms with Gasteiger partial charge in [0, 0.05) is 36.2 Å². The number of nitrogens with one attached hydrogen (secondary N) is 1. The zero-order valence-electron chi connectivity index (χ0n) is 16.8. The summed E-state index contributed by atoms with van der Waals surface area (Å²) >= 11 is 1.84. The highest BCUT2D eigenvalue weighted by molar-refractivity contribution is 7.11. The average molecular weight is 429 g/mol. The summed E-state index contributed by atoms with van der Waals surface area (Å²) in [7, 11) is 0. The summed E-state index contributed by atoms with van der Waals surface area (Å²) < 4.78 is 18.2. The molecule has 1 N–H and O–H groups in total. The van der Waals surface area contributed by atoms with E-state index in [4.69, 9.17) is 9.51 Å². The Balaban J connectivity index is 1.13. The van der Waals surface area contributed by atoms with Gasteiger partial charge in [-0.2, -0.15) is 4.98 Å². The first-order chi connectivity index (χ1) is 14.7. The van der Waals surface area contributed by atoms with Crippen LogP contribution in [0.3, 0.4) is 0 Å². The number of hydrogen-bond acceptors (Lipinski definition) is 6. The van der Waals surface area contributed by atoms with Crippen molar-refractivity contribution >= 4 is 17.2 Å². The van der Waals surface area contributed by atoms with Crippen LogP contribution in [-0.4, -0.2) is 27.6 Å². The molecule has 3 aromatic rings. The Morgan fingerprint density at radius 1 is 1.10 bits per heavy atom. The second-order valence-electron chi connectivity index (χ2n) is 7.51. The molecular formula is C22H25FN4O2S. The molecule has 1 amide bonds.